The molecule has 0 N–H and O–H groups in total. The second-order valence-electron chi connectivity index (χ2n) is 4.37. The molecule has 4 heteroatoms. The fraction of sp³-hybridized carbons (Fsp3) is 0.333. The summed E-state index contributed by atoms with van der Waals surface area (Å²) >= 11 is 0. The average molecular weight is 291 g/mol. The summed E-state index contributed by atoms with van der Waals surface area (Å²) in [6.45, 7) is 6.42. The maximum Gasteiger partial charge on any atom is 0.116 e. The number of hydrogen-bond acceptors (Lipinski definition) is 3. The van der Waals surface area contributed by atoms with E-state index in [1.807, 2.05) is 12.3 Å². The summed E-state index contributed by atoms with van der Waals surface area (Å²) in [6.07, 6.45) is 5.20. The van der Waals surface area contributed by atoms with Gasteiger partial charge in [-0.1, -0.05) is 20.8 Å². The van der Waals surface area contributed by atoms with Crippen molar-refractivity contribution in [1.29, 1.82) is 0 Å². The van der Waals surface area contributed by atoms with E-state index >= 15 is 0 Å². The van der Waals surface area contributed by atoms with E-state index in [0.717, 1.165) is 16.6 Å². The van der Waals surface area contributed by atoms with Gasteiger partial charge < -0.3 is 7.43 Å². The van der Waals surface area contributed by atoms with Crippen LogP contribution in [0.15, 0.2) is 24.8 Å². The van der Waals surface area contributed by atoms with Gasteiger partial charge in [0.15, 0.2) is 0 Å². The molecule has 2 heterocycles. The number of hydrogen-bond donors (Lipinski definition) is 0. The molecule has 0 aliphatic carbocycles. The average Bonchev–Trinajstić information content (AvgIpc) is 2.15. The van der Waals surface area contributed by atoms with Crippen molar-refractivity contribution in [1.82, 2.24) is 15.0 Å². The van der Waals surface area contributed by atoms with Gasteiger partial charge in [-0.2, -0.15) is 0 Å². The summed E-state index contributed by atoms with van der Waals surface area (Å²) < 4.78 is 0. The van der Waals surface area contributed by atoms with Gasteiger partial charge in [0.25, 0.3) is 0 Å². The Labute approximate surface area is 122 Å². The Morgan fingerprint density at radius 2 is 1.81 bits per heavy atom. The van der Waals surface area contributed by atoms with Crippen molar-refractivity contribution in [3.8, 4) is 0 Å². The van der Waals surface area contributed by atoms with Crippen molar-refractivity contribution in [3.63, 3.8) is 0 Å². The van der Waals surface area contributed by atoms with E-state index < -0.39 is 0 Å². The zero-order valence-electron chi connectivity index (χ0n) is 10.2. The molecule has 0 saturated carbocycles. The first kappa shape index (κ1) is 15.6. The summed E-state index contributed by atoms with van der Waals surface area (Å²) in [4.78, 5) is 12.6. The van der Waals surface area contributed by atoms with Crippen LogP contribution in [0.5, 0.6) is 0 Å². The predicted molar refractivity (Wildman–Crippen MR) is 62.4 cm³/mol. The molecule has 0 aromatic carbocycles. The number of aromatic nitrogens is 3. The number of rotatable bonds is 0. The minimum Gasteiger partial charge on any atom is -0.358 e. The third-order valence-electron chi connectivity index (χ3n) is 2.15. The zero-order chi connectivity index (χ0) is 10.2. The van der Waals surface area contributed by atoms with Crippen LogP contribution in [0.25, 0.3) is 10.9 Å². The van der Waals surface area contributed by atoms with Crippen LogP contribution in [0, 0.1) is 7.43 Å². The first-order valence-electron chi connectivity index (χ1n) is 4.64. The molecule has 0 amide bonds. The quantitative estimate of drug-likeness (QED) is 0.701. The maximum atomic E-state index is 4.33. The standard InChI is InChI=1S/C11H13N3.CH3.Y/c1-11(2,3)10-8-6-12-5-4-9(8)13-7-14-10;;/h4-7H,1-3H3;1H3;/q;-1;. The van der Waals surface area contributed by atoms with Crippen molar-refractivity contribution >= 4 is 10.9 Å². The van der Waals surface area contributed by atoms with Crippen molar-refractivity contribution < 1.29 is 32.7 Å². The first-order chi connectivity index (χ1) is 6.59. The van der Waals surface area contributed by atoms with Gasteiger partial charge in [-0.25, -0.2) is 9.97 Å². The molecule has 0 aliphatic heterocycles. The van der Waals surface area contributed by atoms with Crippen molar-refractivity contribution in [3.05, 3.63) is 37.9 Å². The molecule has 0 aliphatic rings. The first-order valence-corrected chi connectivity index (χ1v) is 4.64. The normalized spacial score (nSPS) is 10.4. The molecule has 16 heavy (non-hydrogen) atoms. The van der Waals surface area contributed by atoms with Gasteiger partial charge in [0, 0.05) is 55.9 Å². The van der Waals surface area contributed by atoms with Gasteiger partial charge >= 0.3 is 0 Å². The summed E-state index contributed by atoms with van der Waals surface area (Å²) in [5.74, 6) is 0. The Kier molecular flexibility index (Phi) is 5.64. The van der Waals surface area contributed by atoms with E-state index in [2.05, 4.69) is 35.7 Å². The van der Waals surface area contributed by atoms with Crippen LogP contribution in [0.2, 0.25) is 0 Å². The Balaban J connectivity index is 0.00000112. The minimum atomic E-state index is 0. The molecule has 0 saturated heterocycles. The Morgan fingerprint density at radius 3 is 2.44 bits per heavy atom. The van der Waals surface area contributed by atoms with Crippen LogP contribution in [0.4, 0.5) is 0 Å². The third-order valence-corrected chi connectivity index (χ3v) is 2.15. The van der Waals surface area contributed by atoms with E-state index in [-0.39, 0.29) is 45.6 Å². The molecular weight excluding hydrogens is 275 g/mol. The topological polar surface area (TPSA) is 38.7 Å². The molecule has 0 atom stereocenters. The second kappa shape index (κ2) is 5.78. The monoisotopic (exact) mass is 291 g/mol. The molecule has 2 rings (SSSR count). The van der Waals surface area contributed by atoms with Crippen LogP contribution >= 0.6 is 0 Å². The van der Waals surface area contributed by atoms with Crippen LogP contribution in [0.3, 0.4) is 0 Å². The van der Waals surface area contributed by atoms with Crippen LogP contribution in [-0.2, 0) is 38.1 Å². The van der Waals surface area contributed by atoms with Gasteiger partial charge in [0.1, 0.15) is 6.33 Å². The van der Waals surface area contributed by atoms with E-state index in [4.69, 9.17) is 0 Å². The summed E-state index contributed by atoms with van der Waals surface area (Å²) in [7, 11) is 0. The Morgan fingerprint density at radius 1 is 1.12 bits per heavy atom. The summed E-state index contributed by atoms with van der Waals surface area (Å²) in [5.41, 5.74) is 2.04. The van der Waals surface area contributed by atoms with Gasteiger partial charge in [0.05, 0.1) is 11.2 Å². The molecular formula is C12H16N3Y-. The smallest absolute Gasteiger partial charge is 0.116 e. The number of pyridine rings is 1. The van der Waals surface area contributed by atoms with Crippen molar-refractivity contribution in [2.45, 2.75) is 26.2 Å². The van der Waals surface area contributed by atoms with Gasteiger partial charge in [-0.15, -0.1) is 0 Å². The summed E-state index contributed by atoms with van der Waals surface area (Å²) in [5, 5.41) is 1.04. The van der Waals surface area contributed by atoms with Crippen molar-refractivity contribution in [2.24, 2.45) is 0 Å². The molecule has 0 unspecified atom stereocenters. The Hall–Kier alpha value is -0.406. The second-order valence-corrected chi connectivity index (χ2v) is 4.37. The van der Waals surface area contributed by atoms with Gasteiger partial charge in [-0.3, -0.25) is 4.98 Å². The zero-order valence-corrected chi connectivity index (χ0v) is 13.1. The van der Waals surface area contributed by atoms with Gasteiger partial charge in [-0.05, 0) is 6.07 Å². The molecule has 2 aromatic rings. The fourth-order valence-electron chi connectivity index (χ4n) is 1.50. The maximum absolute atomic E-state index is 4.33. The van der Waals surface area contributed by atoms with Crippen LogP contribution in [0.1, 0.15) is 26.5 Å². The molecule has 3 nitrogen and oxygen atoms in total. The molecule has 83 valence electrons. The van der Waals surface area contributed by atoms with Crippen molar-refractivity contribution in [2.75, 3.05) is 0 Å². The molecule has 1 radical (unpaired) electrons. The minimum absolute atomic E-state index is 0. The SMILES string of the molecule is CC(C)(C)c1ncnc2ccncc12.[CH3-].[Y]. The number of fused-ring (bicyclic) bond motifs is 1. The molecule has 0 fully saturated rings. The summed E-state index contributed by atoms with van der Waals surface area (Å²) in [6, 6.07) is 1.91. The van der Waals surface area contributed by atoms with E-state index in [9.17, 15) is 0 Å². The molecule has 2 aromatic heterocycles. The van der Waals surface area contributed by atoms with E-state index in [1.165, 1.54) is 0 Å². The van der Waals surface area contributed by atoms with Crippen LogP contribution < -0.4 is 0 Å². The number of nitrogens with zero attached hydrogens (tertiary/aromatic N) is 3. The van der Waals surface area contributed by atoms with Gasteiger partial charge in [0.2, 0.25) is 0 Å². The largest absolute Gasteiger partial charge is 0.358 e. The fourth-order valence-corrected chi connectivity index (χ4v) is 1.50. The van der Waals surface area contributed by atoms with E-state index in [0.29, 0.717) is 0 Å². The third kappa shape index (κ3) is 3.05. The molecule has 0 spiro atoms. The predicted octanol–water partition coefficient (Wildman–Crippen LogP) is 2.77. The molecule has 0 bridgehead atoms. The Bertz CT molecular complexity index is 458. The van der Waals surface area contributed by atoms with E-state index in [1.54, 1.807) is 12.5 Å². The van der Waals surface area contributed by atoms with Crippen LogP contribution in [-0.4, -0.2) is 15.0 Å².